The first-order valence-corrected chi connectivity index (χ1v) is 12.1. The average molecular weight is 510 g/mol. The Kier molecular flexibility index (Phi) is 6.69. The fraction of sp³-hybridized carbons (Fsp3) is 0.286. The summed E-state index contributed by atoms with van der Waals surface area (Å²) in [5.41, 5.74) is 3.26. The van der Waals surface area contributed by atoms with Crippen LogP contribution in [0.25, 0.3) is 22.2 Å². The lowest BCUT2D eigenvalue weighted by molar-refractivity contribution is 0.0937. The summed E-state index contributed by atoms with van der Waals surface area (Å²) in [6, 6.07) is 11.2. The predicted octanol–water partition coefficient (Wildman–Crippen LogP) is 6.84. The Morgan fingerprint density at radius 1 is 1.22 bits per heavy atom. The van der Waals surface area contributed by atoms with Gasteiger partial charge in [0.15, 0.2) is 22.9 Å². The lowest BCUT2D eigenvalue weighted by Gasteiger charge is -2.14. The molecule has 2 heterocycles. The zero-order valence-corrected chi connectivity index (χ0v) is 20.6. The molecule has 2 aromatic heterocycles. The van der Waals surface area contributed by atoms with Gasteiger partial charge in [-0.25, -0.2) is 9.37 Å². The first-order chi connectivity index (χ1) is 17.3. The molecular weight excluding hydrogens is 485 g/mol. The van der Waals surface area contributed by atoms with Crippen LogP contribution in [0.15, 0.2) is 53.1 Å². The quantitative estimate of drug-likeness (QED) is 0.249. The van der Waals surface area contributed by atoms with Crippen molar-refractivity contribution < 1.29 is 28.2 Å². The molecule has 4 aromatic rings. The number of rotatable bonds is 9. The highest BCUT2D eigenvalue weighted by molar-refractivity contribution is 6.31. The van der Waals surface area contributed by atoms with Crippen LogP contribution >= 0.6 is 11.6 Å². The number of furan rings is 1. The number of hydrogen-bond acceptors (Lipinski definition) is 6. The van der Waals surface area contributed by atoms with Crippen LogP contribution in [0.2, 0.25) is 5.02 Å². The van der Waals surface area contributed by atoms with Gasteiger partial charge >= 0.3 is 0 Å². The Labute approximate surface area is 212 Å². The number of carbonyl (C=O) groups is 1. The highest BCUT2D eigenvalue weighted by atomic mass is 35.5. The van der Waals surface area contributed by atoms with E-state index in [1.54, 1.807) is 43.7 Å². The SMILES string of the molecule is COc1cc(C(=O)CCC(O)c2cc3c(C)coc3c(-c3ccc(F)c(Cl)c3)n2)ccc1OC1CC1. The fourth-order valence-corrected chi connectivity index (χ4v) is 4.23. The number of hydrogen-bond donors (Lipinski definition) is 1. The zero-order chi connectivity index (χ0) is 25.4. The molecule has 5 rings (SSSR count). The molecule has 1 N–H and O–H groups in total. The summed E-state index contributed by atoms with van der Waals surface area (Å²) < 4.78 is 30.6. The van der Waals surface area contributed by atoms with Crippen LogP contribution in [0.1, 0.15) is 53.4 Å². The number of aromatic nitrogens is 1. The van der Waals surface area contributed by atoms with Crippen molar-refractivity contribution in [1.82, 2.24) is 4.98 Å². The lowest BCUT2D eigenvalue weighted by atomic mass is 10.0. The van der Waals surface area contributed by atoms with Crippen LogP contribution < -0.4 is 9.47 Å². The third kappa shape index (κ3) is 4.94. The monoisotopic (exact) mass is 509 g/mol. The van der Waals surface area contributed by atoms with Gasteiger partial charge in [-0.15, -0.1) is 0 Å². The van der Waals surface area contributed by atoms with Gasteiger partial charge in [0.2, 0.25) is 0 Å². The van der Waals surface area contributed by atoms with E-state index in [1.165, 1.54) is 12.1 Å². The molecule has 0 radical (unpaired) electrons. The van der Waals surface area contributed by atoms with Crippen LogP contribution in [0.3, 0.4) is 0 Å². The fourth-order valence-electron chi connectivity index (χ4n) is 4.05. The third-order valence-corrected chi connectivity index (χ3v) is 6.54. The van der Waals surface area contributed by atoms with Crippen molar-refractivity contribution in [3.63, 3.8) is 0 Å². The summed E-state index contributed by atoms with van der Waals surface area (Å²) in [5.74, 6) is 0.471. The van der Waals surface area contributed by atoms with E-state index < -0.39 is 11.9 Å². The molecule has 6 nitrogen and oxygen atoms in total. The van der Waals surface area contributed by atoms with Gasteiger partial charge < -0.3 is 19.0 Å². The first-order valence-electron chi connectivity index (χ1n) is 11.7. The van der Waals surface area contributed by atoms with Crippen molar-refractivity contribution in [2.24, 2.45) is 0 Å². The number of aliphatic hydroxyl groups excluding tert-OH is 1. The summed E-state index contributed by atoms with van der Waals surface area (Å²) in [6.07, 6.45) is 3.14. The summed E-state index contributed by atoms with van der Waals surface area (Å²) in [5, 5.41) is 11.7. The van der Waals surface area contributed by atoms with Crippen molar-refractivity contribution >= 4 is 28.4 Å². The zero-order valence-electron chi connectivity index (χ0n) is 19.9. The van der Waals surface area contributed by atoms with E-state index in [0.29, 0.717) is 39.6 Å². The number of Topliss-reactive ketones (excluding diaryl/α,β-unsaturated/α-hetero) is 1. The molecule has 0 bridgehead atoms. The number of ether oxygens (including phenoxy) is 2. The minimum atomic E-state index is -0.998. The molecule has 1 aliphatic carbocycles. The molecule has 186 valence electrons. The first kappa shape index (κ1) is 24.3. The molecule has 0 saturated heterocycles. The van der Waals surface area contributed by atoms with Crippen LogP contribution in [0.5, 0.6) is 11.5 Å². The molecule has 1 aliphatic rings. The van der Waals surface area contributed by atoms with Crippen LogP contribution in [-0.4, -0.2) is 29.1 Å². The number of carbonyl (C=O) groups excluding carboxylic acids is 1. The molecule has 1 atom stereocenters. The van der Waals surface area contributed by atoms with E-state index >= 15 is 0 Å². The molecule has 0 aliphatic heterocycles. The number of benzene rings is 2. The van der Waals surface area contributed by atoms with Crippen molar-refractivity contribution in [3.8, 4) is 22.8 Å². The van der Waals surface area contributed by atoms with Crippen LogP contribution in [-0.2, 0) is 0 Å². The van der Waals surface area contributed by atoms with Crippen molar-refractivity contribution in [2.75, 3.05) is 7.11 Å². The second-order valence-electron chi connectivity index (χ2n) is 8.98. The molecule has 1 saturated carbocycles. The lowest BCUT2D eigenvalue weighted by Crippen LogP contribution is -2.07. The van der Waals surface area contributed by atoms with Crippen molar-refractivity contribution in [2.45, 2.75) is 44.8 Å². The normalized spacial score (nSPS) is 14.1. The Hall–Kier alpha value is -3.42. The van der Waals surface area contributed by atoms with Crippen molar-refractivity contribution in [1.29, 1.82) is 0 Å². The molecule has 0 amide bonds. The van der Waals surface area contributed by atoms with Gasteiger partial charge in [-0.1, -0.05) is 11.6 Å². The second-order valence-corrected chi connectivity index (χ2v) is 9.39. The highest BCUT2D eigenvalue weighted by Crippen LogP contribution is 2.36. The molecule has 2 aromatic carbocycles. The van der Waals surface area contributed by atoms with Crippen molar-refractivity contribution in [3.05, 3.63) is 76.4 Å². The maximum atomic E-state index is 13.7. The van der Waals surface area contributed by atoms with E-state index in [1.807, 2.05) is 6.92 Å². The summed E-state index contributed by atoms with van der Waals surface area (Å²) in [4.78, 5) is 17.5. The maximum absolute atomic E-state index is 13.7. The van der Waals surface area contributed by atoms with Gasteiger partial charge in [0, 0.05) is 22.9 Å². The molecule has 1 fully saturated rings. The predicted molar refractivity (Wildman–Crippen MR) is 134 cm³/mol. The number of aliphatic hydroxyl groups is 1. The number of nitrogens with zero attached hydrogens (tertiary/aromatic N) is 1. The highest BCUT2D eigenvalue weighted by Gasteiger charge is 2.25. The van der Waals surface area contributed by atoms with Gasteiger partial charge in [-0.2, -0.15) is 0 Å². The van der Waals surface area contributed by atoms with Gasteiger partial charge in [0.1, 0.15) is 11.5 Å². The van der Waals surface area contributed by atoms with Crippen LogP contribution in [0.4, 0.5) is 4.39 Å². The summed E-state index contributed by atoms with van der Waals surface area (Å²) in [7, 11) is 1.54. The summed E-state index contributed by atoms with van der Waals surface area (Å²) in [6.45, 7) is 1.89. The maximum Gasteiger partial charge on any atom is 0.163 e. The van der Waals surface area contributed by atoms with E-state index in [-0.39, 0.29) is 29.8 Å². The Bertz CT molecular complexity index is 1450. The number of ketones is 1. The minimum Gasteiger partial charge on any atom is -0.493 e. The molecule has 0 spiro atoms. The molecule has 1 unspecified atom stereocenters. The topological polar surface area (TPSA) is 81.8 Å². The number of methoxy groups -OCH3 is 1. The third-order valence-electron chi connectivity index (χ3n) is 6.25. The van der Waals surface area contributed by atoms with Gasteiger partial charge in [-0.05, 0) is 74.2 Å². The largest absolute Gasteiger partial charge is 0.493 e. The molecule has 8 heteroatoms. The number of fused-ring (bicyclic) bond motifs is 1. The molecular formula is C28H25ClFNO5. The number of pyridine rings is 1. The van der Waals surface area contributed by atoms with Gasteiger partial charge in [0.05, 0.1) is 36.3 Å². The second kappa shape index (κ2) is 9.91. The Morgan fingerprint density at radius 3 is 2.75 bits per heavy atom. The minimum absolute atomic E-state index is 0.0359. The van der Waals surface area contributed by atoms with E-state index in [2.05, 4.69) is 4.98 Å². The Balaban J connectivity index is 1.36. The average Bonchev–Trinajstić information content (AvgIpc) is 3.63. The Morgan fingerprint density at radius 2 is 2.03 bits per heavy atom. The number of aryl methyl sites for hydroxylation is 1. The van der Waals surface area contributed by atoms with Gasteiger partial charge in [0.25, 0.3) is 0 Å². The number of halogens is 2. The van der Waals surface area contributed by atoms with Gasteiger partial charge in [-0.3, -0.25) is 4.79 Å². The van der Waals surface area contributed by atoms with E-state index in [4.69, 9.17) is 25.5 Å². The van der Waals surface area contributed by atoms with E-state index in [9.17, 15) is 14.3 Å². The molecule has 36 heavy (non-hydrogen) atoms. The van der Waals surface area contributed by atoms with Crippen LogP contribution in [0, 0.1) is 12.7 Å². The van der Waals surface area contributed by atoms with E-state index in [0.717, 1.165) is 23.8 Å². The smallest absolute Gasteiger partial charge is 0.163 e. The summed E-state index contributed by atoms with van der Waals surface area (Å²) >= 11 is 5.99. The standard InChI is InChI=1S/C28H25ClFNO5/c1-15-14-35-28-19(15)13-22(31-27(28)17-3-7-21(30)20(29)11-17)24(33)9-8-23(32)16-4-10-25(26(12-16)34-2)36-18-5-6-18/h3-4,7,10-14,18,24,33H,5-6,8-9H2,1-2H3.